The zero-order chi connectivity index (χ0) is 25.2. The van der Waals surface area contributed by atoms with Crippen molar-refractivity contribution in [2.24, 2.45) is 7.05 Å². The van der Waals surface area contributed by atoms with Crippen molar-refractivity contribution in [2.45, 2.75) is 33.2 Å². The van der Waals surface area contributed by atoms with Gasteiger partial charge in [-0.15, -0.1) is 0 Å². The van der Waals surface area contributed by atoms with Gasteiger partial charge in [0.05, 0.1) is 12.5 Å². The van der Waals surface area contributed by atoms with Crippen LogP contribution >= 0.6 is 0 Å². The predicted octanol–water partition coefficient (Wildman–Crippen LogP) is 4.16. The maximum Gasteiger partial charge on any atom is 0.319 e. The Morgan fingerprint density at radius 1 is 1.09 bits per heavy atom. The number of pyridine rings is 1. The van der Waals surface area contributed by atoms with Crippen LogP contribution in [0.2, 0.25) is 0 Å². The fraction of sp³-hybridized carbons (Fsp3) is 0.240. The maximum atomic E-state index is 14.6. The molecule has 0 saturated carbocycles. The van der Waals surface area contributed by atoms with Crippen molar-refractivity contribution in [1.82, 2.24) is 9.88 Å². The first kappa shape index (κ1) is 24.5. The number of aromatic nitrogens is 1. The number of aromatic hydroxyl groups is 1. The Morgan fingerprint density at radius 2 is 1.74 bits per heavy atom. The number of carboxylic acids is 1. The van der Waals surface area contributed by atoms with Gasteiger partial charge >= 0.3 is 12.0 Å². The summed E-state index contributed by atoms with van der Waals surface area (Å²) in [4.78, 5) is 36.6. The summed E-state index contributed by atoms with van der Waals surface area (Å²) in [5.74, 6) is -2.22. The Hall–Kier alpha value is -4.14. The Balaban J connectivity index is 1.97. The van der Waals surface area contributed by atoms with E-state index in [1.807, 2.05) is 32.0 Å². The zero-order valence-corrected chi connectivity index (χ0v) is 19.3. The molecule has 3 aromatic rings. The molecule has 8 nitrogen and oxygen atoms in total. The number of urea groups is 1. The summed E-state index contributed by atoms with van der Waals surface area (Å²) < 4.78 is 15.8. The van der Waals surface area contributed by atoms with Crippen molar-refractivity contribution in [3.8, 4) is 16.9 Å². The normalized spacial score (nSPS) is 11.7. The molecule has 9 heteroatoms. The number of aliphatic carboxylic acids is 1. The summed E-state index contributed by atoms with van der Waals surface area (Å²) in [6.45, 7) is 5.40. The number of carbonyl (C=O) groups excluding carboxylic acids is 1. The molecule has 0 fully saturated rings. The van der Waals surface area contributed by atoms with Gasteiger partial charge in [-0.25, -0.2) is 9.18 Å². The third-order valence-electron chi connectivity index (χ3n) is 5.66. The van der Waals surface area contributed by atoms with Crippen LogP contribution in [0.25, 0.3) is 11.1 Å². The number of nitrogens with zero attached hydrogens (tertiary/aromatic N) is 1. The largest absolute Gasteiger partial charge is 0.505 e. The van der Waals surface area contributed by atoms with Crippen molar-refractivity contribution in [3.05, 3.63) is 81.0 Å². The van der Waals surface area contributed by atoms with Gasteiger partial charge in [0, 0.05) is 18.8 Å². The van der Waals surface area contributed by atoms with Gasteiger partial charge in [0.15, 0.2) is 5.69 Å². The molecular formula is C25H26FN3O5. The number of hydrogen-bond acceptors (Lipinski definition) is 4. The van der Waals surface area contributed by atoms with Crippen molar-refractivity contribution < 1.29 is 24.2 Å². The number of anilines is 1. The summed E-state index contributed by atoms with van der Waals surface area (Å²) in [7, 11) is 1.48. The smallest absolute Gasteiger partial charge is 0.319 e. The van der Waals surface area contributed by atoms with Gasteiger partial charge in [0.1, 0.15) is 11.6 Å². The maximum absolute atomic E-state index is 14.6. The van der Waals surface area contributed by atoms with E-state index in [9.17, 15) is 29.0 Å². The number of benzene rings is 2. The fourth-order valence-electron chi connectivity index (χ4n) is 3.88. The molecule has 2 aromatic carbocycles. The van der Waals surface area contributed by atoms with Crippen LogP contribution in [-0.4, -0.2) is 26.8 Å². The molecule has 0 aliphatic carbocycles. The molecule has 178 valence electrons. The van der Waals surface area contributed by atoms with Crippen molar-refractivity contribution in [2.75, 3.05) is 5.32 Å². The molecular weight excluding hydrogens is 441 g/mol. The van der Waals surface area contributed by atoms with Crippen LogP contribution in [0.15, 0.2) is 47.3 Å². The second kappa shape index (κ2) is 9.78. The molecule has 0 spiro atoms. The second-order valence-electron chi connectivity index (χ2n) is 8.20. The molecule has 0 saturated heterocycles. The number of amides is 2. The quantitative estimate of drug-likeness (QED) is 0.434. The number of halogens is 1. The minimum Gasteiger partial charge on any atom is -0.505 e. The highest BCUT2D eigenvalue weighted by atomic mass is 19.1. The molecule has 4 N–H and O–H groups in total. The van der Waals surface area contributed by atoms with E-state index in [1.165, 1.54) is 23.7 Å². The predicted molar refractivity (Wildman–Crippen MR) is 127 cm³/mol. The van der Waals surface area contributed by atoms with Gasteiger partial charge < -0.3 is 25.4 Å². The van der Waals surface area contributed by atoms with E-state index in [0.29, 0.717) is 11.3 Å². The minimum absolute atomic E-state index is 0.247. The van der Waals surface area contributed by atoms with Crippen LogP contribution in [0.3, 0.4) is 0 Å². The molecule has 1 heterocycles. The SMILES string of the molecule is Cc1cccc(C)c1-c1cc(F)cc([C@H](CC(=O)O)NC(=O)Nc2c(O)cc(C)n(C)c2=O)c1. The summed E-state index contributed by atoms with van der Waals surface area (Å²) in [5, 5.41) is 24.2. The van der Waals surface area contributed by atoms with Gasteiger partial charge in [-0.1, -0.05) is 18.2 Å². The number of nitrogens with one attached hydrogen (secondary N) is 2. The van der Waals surface area contributed by atoms with Crippen molar-refractivity contribution in [3.63, 3.8) is 0 Å². The number of aryl methyl sites for hydroxylation is 3. The van der Waals surface area contributed by atoms with E-state index >= 15 is 0 Å². The molecule has 2 amide bonds. The van der Waals surface area contributed by atoms with E-state index in [1.54, 1.807) is 13.0 Å². The van der Waals surface area contributed by atoms with Gasteiger partial charge in [0.2, 0.25) is 0 Å². The summed E-state index contributed by atoms with van der Waals surface area (Å²) in [6, 6.07) is 9.11. The van der Waals surface area contributed by atoms with Crippen LogP contribution in [0.1, 0.15) is 34.8 Å². The van der Waals surface area contributed by atoms with Crippen LogP contribution in [-0.2, 0) is 11.8 Å². The van der Waals surface area contributed by atoms with Crippen LogP contribution < -0.4 is 16.2 Å². The Kier molecular flexibility index (Phi) is 7.05. The molecule has 3 rings (SSSR count). The van der Waals surface area contributed by atoms with Gasteiger partial charge in [0.25, 0.3) is 5.56 Å². The third-order valence-corrected chi connectivity index (χ3v) is 5.66. The molecule has 0 unspecified atom stereocenters. The van der Waals surface area contributed by atoms with E-state index in [4.69, 9.17) is 0 Å². The first-order valence-electron chi connectivity index (χ1n) is 10.5. The number of carbonyl (C=O) groups is 2. The summed E-state index contributed by atoms with van der Waals surface area (Å²) in [6.07, 6.45) is -0.527. The molecule has 0 aliphatic heterocycles. The van der Waals surface area contributed by atoms with Crippen molar-refractivity contribution in [1.29, 1.82) is 0 Å². The average Bonchev–Trinajstić information content (AvgIpc) is 2.74. The molecule has 0 aliphatic rings. The highest BCUT2D eigenvalue weighted by Crippen LogP contribution is 2.31. The lowest BCUT2D eigenvalue weighted by atomic mass is 9.92. The minimum atomic E-state index is -1.21. The number of carboxylic acid groups (broad SMARTS) is 1. The Labute approximate surface area is 195 Å². The molecule has 1 atom stereocenters. The van der Waals surface area contributed by atoms with E-state index < -0.39 is 41.6 Å². The van der Waals surface area contributed by atoms with Gasteiger partial charge in [-0.2, -0.15) is 0 Å². The third kappa shape index (κ3) is 5.25. The van der Waals surface area contributed by atoms with E-state index in [0.717, 1.165) is 22.8 Å². The highest BCUT2D eigenvalue weighted by Gasteiger charge is 2.22. The lowest BCUT2D eigenvalue weighted by Crippen LogP contribution is -2.36. The number of rotatable bonds is 6. The van der Waals surface area contributed by atoms with Gasteiger partial charge in [-0.05, 0) is 66.8 Å². The van der Waals surface area contributed by atoms with E-state index in [2.05, 4.69) is 10.6 Å². The fourth-order valence-corrected chi connectivity index (χ4v) is 3.88. The lowest BCUT2D eigenvalue weighted by Gasteiger charge is -2.20. The molecule has 0 bridgehead atoms. The number of hydrogen-bond donors (Lipinski definition) is 4. The molecule has 0 radical (unpaired) electrons. The molecule has 34 heavy (non-hydrogen) atoms. The van der Waals surface area contributed by atoms with Crippen LogP contribution in [0.5, 0.6) is 5.75 Å². The standard InChI is InChI=1S/C25H26FN3O5/c1-13-6-5-7-14(2)22(13)17-9-16(10-18(26)11-17)19(12-21(31)32)27-25(34)28-23-20(30)8-15(3)29(4)24(23)33/h5-11,19,30H,12H2,1-4H3,(H,31,32)(H2,27,28,34)/t19-/m0/s1. The van der Waals surface area contributed by atoms with E-state index in [-0.39, 0.29) is 11.3 Å². The average molecular weight is 467 g/mol. The topological polar surface area (TPSA) is 121 Å². The molecule has 1 aromatic heterocycles. The van der Waals surface area contributed by atoms with Crippen molar-refractivity contribution >= 4 is 17.7 Å². The first-order chi connectivity index (χ1) is 16.0. The zero-order valence-electron chi connectivity index (χ0n) is 19.3. The monoisotopic (exact) mass is 467 g/mol. The van der Waals surface area contributed by atoms with Gasteiger partial charge in [-0.3, -0.25) is 9.59 Å². The summed E-state index contributed by atoms with van der Waals surface area (Å²) >= 11 is 0. The summed E-state index contributed by atoms with van der Waals surface area (Å²) in [5.41, 5.74) is 2.95. The lowest BCUT2D eigenvalue weighted by molar-refractivity contribution is -0.137. The first-order valence-corrected chi connectivity index (χ1v) is 10.5. The van der Waals surface area contributed by atoms with Crippen LogP contribution in [0.4, 0.5) is 14.9 Å². The second-order valence-corrected chi connectivity index (χ2v) is 8.20. The Morgan fingerprint density at radius 3 is 2.35 bits per heavy atom. The highest BCUT2D eigenvalue weighted by molar-refractivity contribution is 5.91. The van der Waals surface area contributed by atoms with Crippen LogP contribution in [0, 0.1) is 26.6 Å². The Bertz CT molecular complexity index is 1310.